The van der Waals surface area contributed by atoms with Crippen LogP contribution in [0.5, 0.6) is 11.5 Å². The van der Waals surface area contributed by atoms with E-state index in [9.17, 15) is 18.0 Å². The number of ether oxygens (including phenoxy) is 2. The standard InChI is InChI=1S/C27H27ClN2O6S/c1-18-4-11-22(12-5-18)37(33,34)29(15-14-19-6-13-24(35-2)25(16-19)36-3)23-17-26(31)30(27(23)32)21-9-7-20(28)8-10-21/h4-13,16,23H,14-15,17H2,1-3H3. The van der Waals surface area contributed by atoms with Crippen LogP contribution < -0.4 is 14.4 Å². The maximum Gasteiger partial charge on any atom is 0.252 e. The number of halogens is 1. The number of imide groups is 1. The lowest BCUT2D eigenvalue weighted by Crippen LogP contribution is -2.46. The molecule has 1 fully saturated rings. The Morgan fingerprint density at radius 3 is 2.22 bits per heavy atom. The monoisotopic (exact) mass is 542 g/mol. The Kier molecular flexibility index (Phi) is 7.87. The maximum absolute atomic E-state index is 13.8. The summed E-state index contributed by atoms with van der Waals surface area (Å²) < 4.78 is 39.4. The van der Waals surface area contributed by atoms with Crippen LogP contribution in [0.1, 0.15) is 17.5 Å². The van der Waals surface area contributed by atoms with Crippen LogP contribution in [-0.2, 0) is 26.0 Å². The normalized spacial score (nSPS) is 15.9. The highest BCUT2D eigenvalue weighted by molar-refractivity contribution is 7.89. The van der Waals surface area contributed by atoms with Crippen molar-refractivity contribution in [2.24, 2.45) is 0 Å². The van der Waals surface area contributed by atoms with Crippen molar-refractivity contribution in [1.82, 2.24) is 4.31 Å². The van der Waals surface area contributed by atoms with Gasteiger partial charge in [-0.25, -0.2) is 13.3 Å². The minimum absolute atomic E-state index is 0.0240. The summed E-state index contributed by atoms with van der Waals surface area (Å²) >= 11 is 5.96. The zero-order valence-electron chi connectivity index (χ0n) is 20.7. The quantitative estimate of drug-likeness (QED) is 0.376. The molecule has 10 heteroatoms. The Balaban J connectivity index is 1.69. The number of methoxy groups -OCH3 is 2. The molecule has 2 amide bonds. The number of nitrogens with zero attached hydrogens (tertiary/aromatic N) is 2. The summed E-state index contributed by atoms with van der Waals surface area (Å²) in [5.74, 6) is -0.0256. The van der Waals surface area contributed by atoms with Gasteiger partial charge in [0.05, 0.1) is 31.2 Å². The fraction of sp³-hybridized carbons (Fsp3) is 0.259. The third-order valence-electron chi connectivity index (χ3n) is 6.25. The Morgan fingerprint density at radius 2 is 1.59 bits per heavy atom. The molecular formula is C27H27ClN2O6S. The fourth-order valence-electron chi connectivity index (χ4n) is 4.27. The molecule has 1 heterocycles. The molecule has 1 aliphatic heterocycles. The third-order valence-corrected chi connectivity index (χ3v) is 8.43. The van der Waals surface area contributed by atoms with E-state index in [1.165, 1.54) is 26.4 Å². The first-order valence-electron chi connectivity index (χ1n) is 11.6. The van der Waals surface area contributed by atoms with Crippen molar-refractivity contribution >= 4 is 39.1 Å². The van der Waals surface area contributed by atoms with E-state index >= 15 is 0 Å². The van der Waals surface area contributed by atoms with Crippen LogP contribution in [-0.4, -0.2) is 51.3 Å². The van der Waals surface area contributed by atoms with Gasteiger partial charge in [-0.15, -0.1) is 0 Å². The zero-order chi connectivity index (χ0) is 26.7. The predicted octanol–water partition coefficient (Wildman–Crippen LogP) is 4.23. The van der Waals surface area contributed by atoms with Gasteiger partial charge in [0.25, 0.3) is 5.91 Å². The molecule has 0 spiro atoms. The van der Waals surface area contributed by atoms with E-state index in [0.717, 1.165) is 20.3 Å². The summed E-state index contributed by atoms with van der Waals surface area (Å²) in [6.45, 7) is 1.83. The van der Waals surface area contributed by atoms with Crippen molar-refractivity contribution in [3.8, 4) is 11.5 Å². The van der Waals surface area contributed by atoms with Crippen LogP contribution in [0.2, 0.25) is 5.02 Å². The molecule has 37 heavy (non-hydrogen) atoms. The number of aryl methyl sites for hydroxylation is 1. The van der Waals surface area contributed by atoms with E-state index in [-0.39, 0.29) is 24.3 Å². The van der Waals surface area contributed by atoms with Gasteiger partial charge in [0.15, 0.2) is 11.5 Å². The number of hydrogen-bond donors (Lipinski definition) is 0. The van der Waals surface area contributed by atoms with Gasteiger partial charge in [0, 0.05) is 11.6 Å². The first kappa shape index (κ1) is 26.7. The summed E-state index contributed by atoms with van der Waals surface area (Å²) in [6.07, 6.45) is 0.0167. The molecule has 3 aromatic carbocycles. The fourth-order valence-corrected chi connectivity index (χ4v) is 5.98. The molecule has 8 nitrogen and oxygen atoms in total. The molecule has 0 radical (unpaired) electrons. The third kappa shape index (κ3) is 5.49. The topological polar surface area (TPSA) is 93.2 Å². The zero-order valence-corrected chi connectivity index (χ0v) is 22.3. The summed E-state index contributed by atoms with van der Waals surface area (Å²) in [5, 5.41) is 0.456. The van der Waals surface area contributed by atoms with Crippen LogP contribution >= 0.6 is 11.6 Å². The van der Waals surface area contributed by atoms with E-state index < -0.39 is 27.9 Å². The average molecular weight is 543 g/mol. The Labute approximate surface area is 221 Å². The van der Waals surface area contributed by atoms with Crippen LogP contribution in [0.4, 0.5) is 5.69 Å². The lowest BCUT2D eigenvalue weighted by molar-refractivity contribution is -0.122. The average Bonchev–Trinajstić information content (AvgIpc) is 3.17. The Bertz CT molecular complexity index is 1410. The smallest absolute Gasteiger partial charge is 0.252 e. The number of carbonyl (C=O) groups is 2. The summed E-state index contributed by atoms with van der Waals surface area (Å²) in [4.78, 5) is 27.5. The molecule has 0 bridgehead atoms. The number of anilines is 1. The molecule has 0 aliphatic carbocycles. The van der Waals surface area contributed by atoms with Crippen LogP contribution in [0.15, 0.2) is 71.6 Å². The van der Waals surface area contributed by atoms with Crippen LogP contribution in [0, 0.1) is 6.92 Å². The number of amides is 2. The lowest BCUT2D eigenvalue weighted by atomic mass is 10.1. The van der Waals surface area contributed by atoms with E-state index in [4.69, 9.17) is 21.1 Å². The minimum atomic E-state index is -4.11. The number of benzene rings is 3. The molecule has 0 aromatic heterocycles. The molecule has 1 atom stereocenters. The van der Waals surface area contributed by atoms with Gasteiger partial charge in [-0.1, -0.05) is 35.4 Å². The SMILES string of the molecule is COc1ccc(CCN(C2CC(=O)N(c3ccc(Cl)cc3)C2=O)S(=O)(=O)c2ccc(C)cc2)cc1OC. The van der Waals surface area contributed by atoms with Gasteiger partial charge < -0.3 is 9.47 Å². The lowest BCUT2D eigenvalue weighted by Gasteiger charge is -2.27. The van der Waals surface area contributed by atoms with E-state index in [2.05, 4.69) is 0 Å². The van der Waals surface area contributed by atoms with Crippen LogP contribution in [0.25, 0.3) is 0 Å². The maximum atomic E-state index is 13.8. The number of sulfonamides is 1. The molecule has 3 aromatic rings. The van der Waals surface area contributed by atoms with E-state index in [0.29, 0.717) is 22.2 Å². The largest absolute Gasteiger partial charge is 0.493 e. The highest BCUT2D eigenvalue weighted by Crippen LogP contribution is 2.32. The van der Waals surface area contributed by atoms with Gasteiger partial charge in [-0.3, -0.25) is 9.59 Å². The molecule has 0 saturated carbocycles. The van der Waals surface area contributed by atoms with Crippen molar-refractivity contribution in [3.63, 3.8) is 0 Å². The Hall–Kier alpha value is -3.40. The molecule has 194 valence electrons. The molecule has 4 rings (SSSR count). The van der Waals surface area contributed by atoms with Gasteiger partial charge in [-0.05, 0) is 67.4 Å². The van der Waals surface area contributed by atoms with Crippen molar-refractivity contribution in [1.29, 1.82) is 0 Å². The van der Waals surface area contributed by atoms with Gasteiger partial charge in [-0.2, -0.15) is 4.31 Å². The number of carbonyl (C=O) groups excluding carboxylic acids is 2. The summed E-state index contributed by atoms with van der Waals surface area (Å²) in [7, 11) is -1.06. The van der Waals surface area contributed by atoms with Gasteiger partial charge in [0.1, 0.15) is 6.04 Å². The Morgan fingerprint density at radius 1 is 0.946 bits per heavy atom. The minimum Gasteiger partial charge on any atom is -0.493 e. The first-order chi connectivity index (χ1) is 17.6. The second kappa shape index (κ2) is 10.9. The molecule has 0 N–H and O–H groups in total. The van der Waals surface area contributed by atoms with Crippen LogP contribution in [0.3, 0.4) is 0 Å². The molecule has 1 unspecified atom stereocenters. The van der Waals surface area contributed by atoms with Crippen molar-refractivity contribution in [3.05, 3.63) is 82.9 Å². The molecular weight excluding hydrogens is 516 g/mol. The highest BCUT2D eigenvalue weighted by Gasteiger charge is 2.46. The van der Waals surface area contributed by atoms with Gasteiger partial charge in [0.2, 0.25) is 15.9 Å². The van der Waals surface area contributed by atoms with E-state index in [1.54, 1.807) is 54.6 Å². The highest BCUT2D eigenvalue weighted by atomic mass is 35.5. The van der Waals surface area contributed by atoms with Crippen molar-refractivity contribution in [2.45, 2.75) is 30.7 Å². The second-order valence-electron chi connectivity index (χ2n) is 8.63. The molecule has 1 saturated heterocycles. The first-order valence-corrected chi connectivity index (χ1v) is 13.4. The van der Waals surface area contributed by atoms with Crippen molar-refractivity contribution < 1.29 is 27.5 Å². The van der Waals surface area contributed by atoms with E-state index in [1.807, 2.05) is 6.92 Å². The number of hydrogen-bond acceptors (Lipinski definition) is 6. The molecule has 1 aliphatic rings. The number of rotatable bonds is 9. The predicted molar refractivity (Wildman–Crippen MR) is 141 cm³/mol. The second-order valence-corrected chi connectivity index (χ2v) is 11.0. The summed E-state index contributed by atoms with van der Waals surface area (Å²) in [5.41, 5.74) is 2.03. The van der Waals surface area contributed by atoms with Crippen molar-refractivity contribution in [2.75, 3.05) is 25.7 Å². The summed E-state index contributed by atoms with van der Waals surface area (Å²) in [6, 6.07) is 16.8. The van der Waals surface area contributed by atoms with Gasteiger partial charge >= 0.3 is 0 Å².